The molecule has 18 heavy (non-hydrogen) atoms. The molecule has 1 N–H and O–H groups in total. The van der Waals surface area contributed by atoms with E-state index in [0.717, 1.165) is 5.69 Å². The zero-order valence-corrected chi connectivity index (χ0v) is 11.6. The van der Waals surface area contributed by atoms with Crippen LogP contribution in [0, 0.1) is 5.41 Å². The van der Waals surface area contributed by atoms with Gasteiger partial charge >= 0.3 is 0 Å². The normalized spacial score (nSPS) is 22.4. The average molecular weight is 271 g/mol. The van der Waals surface area contributed by atoms with Gasteiger partial charge in [0.05, 0.1) is 0 Å². The van der Waals surface area contributed by atoms with E-state index in [1.807, 2.05) is 12.1 Å². The van der Waals surface area contributed by atoms with E-state index in [4.69, 9.17) is 0 Å². The van der Waals surface area contributed by atoms with E-state index in [9.17, 15) is 8.78 Å². The van der Waals surface area contributed by atoms with E-state index < -0.39 is 5.76 Å². The predicted octanol–water partition coefficient (Wildman–Crippen LogP) is 4.99. The second kappa shape index (κ2) is 5.47. The third-order valence-corrected chi connectivity index (χ3v) is 4.14. The van der Waals surface area contributed by atoms with Gasteiger partial charge in [0.2, 0.25) is 0 Å². The molecule has 2 rings (SSSR count). The van der Waals surface area contributed by atoms with Crippen molar-refractivity contribution in [3.05, 3.63) is 24.3 Å². The fourth-order valence-corrected chi connectivity index (χ4v) is 3.03. The van der Waals surface area contributed by atoms with Crippen molar-refractivity contribution in [2.45, 2.75) is 49.8 Å². The lowest BCUT2D eigenvalue weighted by Crippen LogP contribution is -2.17. The van der Waals surface area contributed by atoms with Crippen LogP contribution in [0.1, 0.15) is 33.1 Å². The maximum Gasteiger partial charge on any atom is 0.288 e. The predicted molar refractivity (Wildman–Crippen MR) is 73.3 cm³/mol. The molecule has 1 aliphatic carbocycles. The van der Waals surface area contributed by atoms with Crippen LogP contribution in [-0.4, -0.2) is 11.8 Å². The molecule has 0 spiro atoms. The van der Waals surface area contributed by atoms with Crippen LogP contribution in [-0.2, 0) is 0 Å². The summed E-state index contributed by atoms with van der Waals surface area (Å²) >= 11 is 0.589. The van der Waals surface area contributed by atoms with Crippen LogP contribution in [0.15, 0.2) is 29.2 Å². The summed E-state index contributed by atoms with van der Waals surface area (Å²) in [6.45, 7) is 4.58. The molecule has 0 aliphatic heterocycles. The Hall–Kier alpha value is -0.770. The molecular formula is C14H19F2NS. The van der Waals surface area contributed by atoms with Crippen molar-refractivity contribution >= 4 is 17.4 Å². The van der Waals surface area contributed by atoms with Crippen molar-refractivity contribution in [3.63, 3.8) is 0 Å². The molecule has 1 atom stereocenters. The molecule has 0 saturated heterocycles. The minimum absolute atomic E-state index is 0.420. The lowest BCUT2D eigenvalue weighted by molar-refractivity contribution is 0.252. The van der Waals surface area contributed by atoms with E-state index in [0.29, 0.717) is 28.1 Å². The highest BCUT2D eigenvalue weighted by Gasteiger charge is 2.30. The minimum atomic E-state index is -2.35. The van der Waals surface area contributed by atoms with Gasteiger partial charge in [-0.3, -0.25) is 0 Å². The lowest BCUT2D eigenvalue weighted by atomic mass is 9.92. The van der Waals surface area contributed by atoms with Gasteiger partial charge in [0.1, 0.15) is 0 Å². The van der Waals surface area contributed by atoms with E-state index in [-0.39, 0.29) is 0 Å². The van der Waals surface area contributed by atoms with Gasteiger partial charge in [-0.1, -0.05) is 25.6 Å². The fourth-order valence-electron chi connectivity index (χ4n) is 2.53. The second-order valence-electron chi connectivity index (χ2n) is 5.65. The molecule has 4 heteroatoms. The Morgan fingerprint density at radius 1 is 1.28 bits per heavy atom. The first-order chi connectivity index (χ1) is 8.44. The molecular weight excluding hydrogens is 252 g/mol. The molecule has 1 fully saturated rings. The first-order valence-electron chi connectivity index (χ1n) is 6.26. The average Bonchev–Trinajstić information content (AvgIpc) is 2.60. The summed E-state index contributed by atoms with van der Waals surface area (Å²) in [4.78, 5) is 0.613. The zero-order chi connectivity index (χ0) is 13.2. The van der Waals surface area contributed by atoms with Gasteiger partial charge in [-0.2, -0.15) is 8.78 Å². The molecule has 0 heterocycles. The summed E-state index contributed by atoms with van der Waals surface area (Å²) in [6, 6.07) is 7.78. The fraction of sp³-hybridized carbons (Fsp3) is 0.571. The van der Waals surface area contributed by atoms with Gasteiger partial charge < -0.3 is 5.32 Å². The molecule has 0 bridgehead atoms. The molecule has 0 radical (unpaired) electrons. The number of alkyl halides is 2. The number of thioether (sulfide) groups is 1. The Morgan fingerprint density at radius 2 is 1.94 bits per heavy atom. The van der Waals surface area contributed by atoms with Crippen molar-refractivity contribution in [3.8, 4) is 0 Å². The van der Waals surface area contributed by atoms with Crippen molar-refractivity contribution < 1.29 is 8.78 Å². The molecule has 1 aromatic rings. The third-order valence-electron chi connectivity index (χ3n) is 3.42. The van der Waals surface area contributed by atoms with E-state index in [2.05, 4.69) is 19.2 Å². The summed E-state index contributed by atoms with van der Waals surface area (Å²) in [5, 5.41) is 3.48. The van der Waals surface area contributed by atoms with Crippen molar-refractivity contribution in [1.29, 1.82) is 0 Å². The topological polar surface area (TPSA) is 12.0 Å². The summed E-state index contributed by atoms with van der Waals surface area (Å²) < 4.78 is 24.4. The highest BCUT2D eigenvalue weighted by molar-refractivity contribution is 7.99. The number of hydrogen-bond acceptors (Lipinski definition) is 2. The number of rotatable bonds is 4. The van der Waals surface area contributed by atoms with Gasteiger partial charge in [-0.05, 0) is 48.9 Å². The maximum atomic E-state index is 12.2. The highest BCUT2D eigenvalue weighted by Crippen LogP contribution is 2.38. The number of benzene rings is 1. The van der Waals surface area contributed by atoms with E-state index >= 15 is 0 Å². The summed E-state index contributed by atoms with van der Waals surface area (Å²) in [7, 11) is 0. The number of nitrogens with one attached hydrogen (secondary N) is 1. The Kier molecular flexibility index (Phi) is 4.15. The van der Waals surface area contributed by atoms with E-state index in [1.54, 1.807) is 12.1 Å². The van der Waals surface area contributed by atoms with Crippen LogP contribution >= 0.6 is 11.8 Å². The van der Waals surface area contributed by atoms with Gasteiger partial charge in [0.15, 0.2) is 0 Å². The third kappa shape index (κ3) is 3.87. The number of hydrogen-bond donors (Lipinski definition) is 1. The monoisotopic (exact) mass is 271 g/mol. The second-order valence-corrected chi connectivity index (χ2v) is 6.71. The van der Waals surface area contributed by atoms with Crippen LogP contribution < -0.4 is 5.32 Å². The summed E-state index contributed by atoms with van der Waals surface area (Å²) in [5.74, 6) is -2.35. The van der Waals surface area contributed by atoms with Gasteiger partial charge in [0.25, 0.3) is 5.76 Å². The van der Waals surface area contributed by atoms with E-state index in [1.165, 1.54) is 19.3 Å². The van der Waals surface area contributed by atoms with Gasteiger partial charge in [-0.25, -0.2) is 0 Å². The molecule has 0 amide bonds. The molecule has 1 saturated carbocycles. The van der Waals surface area contributed by atoms with Crippen LogP contribution in [0.5, 0.6) is 0 Å². The zero-order valence-electron chi connectivity index (χ0n) is 10.7. The van der Waals surface area contributed by atoms with Gasteiger partial charge in [-0.15, -0.1) is 0 Å². The summed E-state index contributed by atoms with van der Waals surface area (Å²) in [6.07, 6.45) is 3.59. The smallest absolute Gasteiger partial charge is 0.288 e. The van der Waals surface area contributed by atoms with Crippen LogP contribution in [0.25, 0.3) is 0 Å². The van der Waals surface area contributed by atoms with Crippen LogP contribution in [0.3, 0.4) is 0 Å². The standard InChI is InChI=1S/C14H19F2NS/c1-14(2)8-7-11(9-14)17-10-3-5-12(6-4-10)18-13(15)16/h3-6,11,13,17H,7-9H2,1-2H3. The molecule has 100 valence electrons. The van der Waals surface area contributed by atoms with Crippen molar-refractivity contribution in [2.75, 3.05) is 5.32 Å². The largest absolute Gasteiger partial charge is 0.382 e. The molecule has 0 aromatic heterocycles. The lowest BCUT2D eigenvalue weighted by Gasteiger charge is -2.18. The Morgan fingerprint density at radius 3 is 2.44 bits per heavy atom. The summed E-state index contributed by atoms with van der Waals surface area (Å²) in [5.41, 5.74) is 1.44. The molecule has 1 aromatic carbocycles. The highest BCUT2D eigenvalue weighted by atomic mass is 32.2. The van der Waals surface area contributed by atoms with Crippen LogP contribution in [0.4, 0.5) is 14.5 Å². The van der Waals surface area contributed by atoms with Crippen molar-refractivity contribution in [1.82, 2.24) is 0 Å². The first-order valence-corrected chi connectivity index (χ1v) is 7.14. The Bertz CT molecular complexity index is 389. The Labute approximate surface area is 111 Å². The maximum absolute atomic E-state index is 12.2. The van der Waals surface area contributed by atoms with Crippen LogP contribution in [0.2, 0.25) is 0 Å². The SMILES string of the molecule is CC1(C)CCC(Nc2ccc(SC(F)F)cc2)C1. The molecule has 1 aliphatic rings. The molecule has 1 unspecified atom stereocenters. The quantitative estimate of drug-likeness (QED) is 0.774. The number of halogens is 2. The van der Waals surface area contributed by atoms with Gasteiger partial charge in [0, 0.05) is 16.6 Å². The van der Waals surface area contributed by atoms with Crippen molar-refractivity contribution in [2.24, 2.45) is 5.41 Å². The first kappa shape index (κ1) is 13.7. The Balaban J connectivity index is 1.91. The number of anilines is 1. The minimum Gasteiger partial charge on any atom is -0.382 e. The molecule has 1 nitrogen and oxygen atoms in total.